The molecular weight excluding hydrogens is 228 g/mol. The van der Waals surface area contributed by atoms with Crippen LogP contribution in [0, 0.1) is 16.7 Å². The zero-order valence-electron chi connectivity index (χ0n) is 10.8. The van der Waals surface area contributed by atoms with Crippen LogP contribution in [0.4, 0.5) is 0 Å². The van der Waals surface area contributed by atoms with Crippen molar-refractivity contribution in [2.45, 2.75) is 57.8 Å². The fourth-order valence-corrected chi connectivity index (χ4v) is 3.20. The minimum atomic E-state index is -0.389. The van der Waals surface area contributed by atoms with Crippen LogP contribution in [0.2, 0.25) is 0 Å². The molecule has 0 unspecified atom stereocenters. The van der Waals surface area contributed by atoms with Crippen molar-refractivity contribution >= 4 is 11.8 Å². The number of unbranched alkanes of at least 4 members (excludes halogenated alkanes) is 1. The van der Waals surface area contributed by atoms with Gasteiger partial charge in [-0.1, -0.05) is 25.7 Å². The zero-order valence-corrected chi connectivity index (χ0v) is 10.8. The summed E-state index contributed by atoms with van der Waals surface area (Å²) < 4.78 is 0. The van der Waals surface area contributed by atoms with E-state index in [-0.39, 0.29) is 17.2 Å². The average molecular weight is 248 g/mol. The summed E-state index contributed by atoms with van der Waals surface area (Å²) in [5.74, 6) is 0.00665. The Balaban J connectivity index is 2.05. The van der Waals surface area contributed by atoms with Gasteiger partial charge in [-0.05, 0) is 19.3 Å². The molecule has 1 heterocycles. The van der Waals surface area contributed by atoms with Crippen LogP contribution in [-0.2, 0) is 9.59 Å². The van der Waals surface area contributed by atoms with Gasteiger partial charge in [0, 0.05) is 19.4 Å². The Morgan fingerprint density at radius 2 is 1.83 bits per heavy atom. The fraction of sp³-hybridized carbons (Fsp3) is 0.786. The van der Waals surface area contributed by atoms with E-state index in [9.17, 15) is 9.59 Å². The average Bonchev–Trinajstić information content (AvgIpc) is 2.55. The molecule has 0 bridgehead atoms. The predicted molar refractivity (Wildman–Crippen MR) is 66.3 cm³/mol. The monoisotopic (exact) mass is 248 g/mol. The number of nitriles is 1. The molecule has 0 radical (unpaired) electrons. The molecule has 18 heavy (non-hydrogen) atoms. The van der Waals surface area contributed by atoms with Gasteiger partial charge in [-0.15, -0.1) is 0 Å². The first-order valence-electron chi connectivity index (χ1n) is 6.91. The first-order valence-corrected chi connectivity index (χ1v) is 6.91. The predicted octanol–water partition coefficient (Wildman–Crippen LogP) is 2.39. The van der Waals surface area contributed by atoms with Gasteiger partial charge >= 0.3 is 0 Å². The number of hydrogen-bond acceptors (Lipinski definition) is 3. The lowest BCUT2D eigenvalue weighted by molar-refractivity contribution is -0.141. The standard InChI is InChI=1S/C14H20N2O2/c15-9-5-6-10-16-12(17)11-14(13(16)18)7-3-1-2-4-8-14/h1-8,10-11H2. The maximum atomic E-state index is 12.5. The van der Waals surface area contributed by atoms with Crippen LogP contribution in [0.3, 0.4) is 0 Å². The van der Waals surface area contributed by atoms with Crippen LogP contribution >= 0.6 is 0 Å². The third-order valence-electron chi connectivity index (χ3n) is 4.22. The van der Waals surface area contributed by atoms with Crippen LogP contribution in [-0.4, -0.2) is 23.3 Å². The maximum absolute atomic E-state index is 12.5. The van der Waals surface area contributed by atoms with E-state index >= 15 is 0 Å². The molecule has 4 nitrogen and oxygen atoms in total. The van der Waals surface area contributed by atoms with E-state index in [0.29, 0.717) is 25.8 Å². The summed E-state index contributed by atoms with van der Waals surface area (Å²) in [5, 5.41) is 8.51. The van der Waals surface area contributed by atoms with Gasteiger partial charge in [-0.2, -0.15) is 5.26 Å². The van der Waals surface area contributed by atoms with E-state index in [4.69, 9.17) is 5.26 Å². The smallest absolute Gasteiger partial charge is 0.235 e. The highest BCUT2D eigenvalue weighted by atomic mass is 16.2. The minimum Gasteiger partial charge on any atom is -0.282 e. The van der Waals surface area contributed by atoms with Crippen molar-refractivity contribution in [3.63, 3.8) is 0 Å². The Morgan fingerprint density at radius 3 is 2.44 bits per heavy atom. The van der Waals surface area contributed by atoms with E-state index in [1.54, 1.807) is 0 Å². The Hall–Kier alpha value is -1.37. The van der Waals surface area contributed by atoms with Crippen LogP contribution < -0.4 is 0 Å². The minimum absolute atomic E-state index is 0.0279. The Bertz CT molecular complexity index is 376. The van der Waals surface area contributed by atoms with Gasteiger partial charge in [0.1, 0.15) is 0 Å². The van der Waals surface area contributed by atoms with Crippen molar-refractivity contribution in [3.8, 4) is 6.07 Å². The summed E-state index contributed by atoms with van der Waals surface area (Å²) in [6.45, 7) is 0.424. The van der Waals surface area contributed by atoms with E-state index in [1.165, 1.54) is 17.7 Å². The molecule has 1 saturated carbocycles. The Labute approximate surface area is 108 Å². The molecule has 2 fully saturated rings. The summed E-state index contributed by atoms with van der Waals surface area (Å²) in [6.07, 6.45) is 7.62. The number of hydrogen-bond donors (Lipinski definition) is 0. The highest BCUT2D eigenvalue weighted by Crippen LogP contribution is 2.44. The number of rotatable bonds is 3. The number of amides is 2. The van der Waals surface area contributed by atoms with Crippen LogP contribution in [0.25, 0.3) is 0 Å². The second-order valence-corrected chi connectivity index (χ2v) is 5.48. The summed E-state index contributed by atoms with van der Waals surface area (Å²) >= 11 is 0. The molecule has 2 aliphatic rings. The highest BCUT2D eigenvalue weighted by molar-refractivity contribution is 6.05. The SMILES string of the molecule is N#CCCCN1C(=O)CC2(CCCCCC2)C1=O. The van der Waals surface area contributed by atoms with Gasteiger partial charge < -0.3 is 0 Å². The van der Waals surface area contributed by atoms with Gasteiger partial charge in [0.05, 0.1) is 11.5 Å². The lowest BCUT2D eigenvalue weighted by atomic mass is 9.79. The molecule has 0 aromatic heterocycles. The van der Waals surface area contributed by atoms with Crippen molar-refractivity contribution in [1.29, 1.82) is 5.26 Å². The first-order chi connectivity index (χ1) is 8.69. The van der Waals surface area contributed by atoms with Gasteiger partial charge in [-0.25, -0.2) is 0 Å². The number of carbonyl (C=O) groups excluding carboxylic acids is 2. The molecule has 2 rings (SSSR count). The third-order valence-corrected chi connectivity index (χ3v) is 4.22. The zero-order chi connectivity index (χ0) is 13.0. The van der Waals surface area contributed by atoms with E-state index in [2.05, 4.69) is 6.07 Å². The Kier molecular flexibility index (Phi) is 4.00. The second-order valence-electron chi connectivity index (χ2n) is 5.48. The molecule has 1 aliphatic carbocycles. The van der Waals surface area contributed by atoms with E-state index in [1.807, 2.05) is 0 Å². The summed E-state index contributed by atoms with van der Waals surface area (Å²) in [5.41, 5.74) is -0.389. The van der Waals surface area contributed by atoms with E-state index < -0.39 is 0 Å². The van der Waals surface area contributed by atoms with Crippen molar-refractivity contribution in [2.24, 2.45) is 5.41 Å². The van der Waals surface area contributed by atoms with Crippen molar-refractivity contribution < 1.29 is 9.59 Å². The summed E-state index contributed by atoms with van der Waals surface area (Å²) in [6, 6.07) is 2.05. The Morgan fingerprint density at radius 1 is 1.17 bits per heavy atom. The van der Waals surface area contributed by atoms with Crippen molar-refractivity contribution in [2.75, 3.05) is 6.54 Å². The van der Waals surface area contributed by atoms with Crippen molar-refractivity contribution in [1.82, 2.24) is 4.90 Å². The lowest BCUT2D eigenvalue weighted by Gasteiger charge is -2.24. The molecule has 4 heteroatoms. The molecule has 98 valence electrons. The molecule has 1 saturated heterocycles. The lowest BCUT2D eigenvalue weighted by Crippen LogP contribution is -2.36. The largest absolute Gasteiger partial charge is 0.282 e. The maximum Gasteiger partial charge on any atom is 0.235 e. The first kappa shape index (κ1) is 13.1. The summed E-state index contributed by atoms with van der Waals surface area (Å²) in [7, 11) is 0. The van der Waals surface area contributed by atoms with Crippen LogP contribution in [0.5, 0.6) is 0 Å². The topological polar surface area (TPSA) is 61.2 Å². The molecule has 0 atom stereocenters. The quantitative estimate of drug-likeness (QED) is 0.569. The van der Waals surface area contributed by atoms with Gasteiger partial charge in [-0.3, -0.25) is 14.5 Å². The van der Waals surface area contributed by atoms with Crippen LogP contribution in [0.15, 0.2) is 0 Å². The number of nitrogens with zero attached hydrogens (tertiary/aromatic N) is 2. The second kappa shape index (κ2) is 5.51. The normalized spacial score (nSPS) is 23.2. The van der Waals surface area contributed by atoms with E-state index in [0.717, 1.165) is 25.7 Å². The molecule has 2 amide bonds. The molecule has 0 N–H and O–H groups in total. The van der Waals surface area contributed by atoms with Gasteiger partial charge in [0.15, 0.2) is 0 Å². The molecule has 1 spiro atoms. The summed E-state index contributed by atoms with van der Waals surface area (Å²) in [4.78, 5) is 25.9. The number of imide groups is 1. The third kappa shape index (κ3) is 2.40. The molecule has 0 aromatic carbocycles. The molecular formula is C14H20N2O2. The van der Waals surface area contributed by atoms with Gasteiger partial charge in [0.25, 0.3) is 0 Å². The number of likely N-dealkylation sites (tertiary alicyclic amines) is 1. The fourth-order valence-electron chi connectivity index (χ4n) is 3.20. The number of carbonyl (C=O) groups is 2. The van der Waals surface area contributed by atoms with Crippen LogP contribution in [0.1, 0.15) is 57.8 Å². The van der Waals surface area contributed by atoms with Gasteiger partial charge in [0.2, 0.25) is 11.8 Å². The van der Waals surface area contributed by atoms with Crippen molar-refractivity contribution in [3.05, 3.63) is 0 Å². The highest BCUT2D eigenvalue weighted by Gasteiger charge is 2.50. The molecule has 1 aliphatic heterocycles. The molecule has 0 aromatic rings.